The summed E-state index contributed by atoms with van der Waals surface area (Å²) in [7, 11) is 0. The van der Waals surface area contributed by atoms with E-state index in [1.54, 1.807) is 30.3 Å². The molecule has 4 aliphatic rings. The molecule has 1 aromatic carbocycles. The van der Waals surface area contributed by atoms with Crippen LogP contribution >= 0.6 is 0 Å². The Labute approximate surface area is 195 Å². The van der Waals surface area contributed by atoms with Crippen molar-refractivity contribution in [3.05, 3.63) is 35.9 Å². The topological polar surface area (TPSA) is 164 Å². The molecular formula is C23H30O11. The zero-order valence-electron chi connectivity index (χ0n) is 18.6. The smallest absolute Gasteiger partial charge is 0.338 e. The Morgan fingerprint density at radius 3 is 2.56 bits per heavy atom. The predicted octanol–water partition coefficient (Wildman–Crippen LogP) is -0.967. The largest absolute Gasteiger partial charge is 0.459 e. The van der Waals surface area contributed by atoms with Crippen LogP contribution < -0.4 is 0 Å². The van der Waals surface area contributed by atoms with E-state index in [0.717, 1.165) is 0 Å². The summed E-state index contributed by atoms with van der Waals surface area (Å²) < 4.78 is 29.3. The molecule has 0 radical (unpaired) electrons. The monoisotopic (exact) mass is 482 g/mol. The van der Waals surface area contributed by atoms with Gasteiger partial charge in [-0.15, -0.1) is 0 Å². The summed E-state index contributed by atoms with van der Waals surface area (Å²) in [6.45, 7) is 0.815. The number of rotatable bonds is 6. The Morgan fingerprint density at radius 1 is 1.12 bits per heavy atom. The third-order valence-corrected chi connectivity index (χ3v) is 7.45. The SMILES string of the molecule is CC12CCC3[C@@](COC(=O)c4ccccc4)(O[C@@H]4OC(CO)C(O)C(O)C4O)C(O1)O[C@]3(O)C2. The lowest BCUT2D eigenvalue weighted by Gasteiger charge is -2.46. The van der Waals surface area contributed by atoms with E-state index < -0.39 is 79.1 Å². The molecule has 34 heavy (non-hydrogen) atoms. The third kappa shape index (κ3) is 3.76. The average molecular weight is 482 g/mol. The van der Waals surface area contributed by atoms with Crippen molar-refractivity contribution < 1.29 is 54.0 Å². The molecule has 11 heteroatoms. The molecule has 5 N–H and O–H groups in total. The maximum absolute atomic E-state index is 12.7. The molecule has 3 aliphatic heterocycles. The normalized spacial score (nSPS) is 47.5. The molecule has 3 saturated heterocycles. The van der Waals surface area contributed by atoms with Crippen LogP contribution in [0.4, 0.5) is 0 Å². The first-order valence-electron chi connectivity index (χ1n) is 11.4. The van der Waals surface area contributed by atoms with Crippen molar-refractivity contribution in [2.24, 2.45) is 5.92 Å². The van der Waals surface area contributed by atoms with Gasteiger partial charge in [-0.25, -0.2) is 4.79 Å². The molecule has 3 heterocycles. The molecule has 1 aliphatic carbocycles. The van der Waals surface area contributed by atoms with Crippen molar-refractivity contribution in [3.8, 4) is 0 Å². The van der Waals surface area contributed by atoms with Gasteiger partial charge in [0, 0.05) is 6.42 Å². The zero-order valence-corrected chi connectivity index (χ0v) is 18.6. The van der Waals surface area contributed by atoms with Gasteiger partial charge in [0.25, 0.3) is 0 Å². The second-order valence-electron chi connectivity index (χ2n) is 9.84. The van der Waals surface area contributed by atoms with Gasteiger partial charge in [0.1, 0.15) is 31.0 Å². The molecule has 1 aromatic rings. The quantitative estimate of drug-likeness (QED) is 0.317. The van der Waals surface area contributed by atoms with E-state index in [9.17, 15) is 30.3 Å². The van der Waals surface area contributed by atoms with Gasteiger partial charge in [-0.1, -0.05) is 18.2 Å². The minimum atomic E-state index is -1.69. The average Bonchev–Trinajstić information content (AvgIpc) is 2.92. The first-order chi connectivity index (χ1) is 16.1. The highest BCUT2D eigenvalue weighted by Gasteiger charge is 2.74. The van der Waals surface area contributed by atoms with Crippen molar-refractivity contribution in [1.29, 1.82) is 0 Å². The minimum absolute atomic E-state index is 0.174. The first kappa shape index (κ1) is 24.0. The summed E-state index contributed by atoms with van der Waals surface area (Å²) in [5.74, 6) is -2.97. The zero-order chi connectivity index (χ0) is 24.3. The van der Waals surface area contributed by atoms with Gasteiger partial charge < -0.3 is 49.2 Å². The van der Waals surface area contributed by atoms with Gasteiger partial charge >= 0.3 is 5.97 Å². The summed E-state index contributed by atoms with van der Waals surface area (Å²) in [4.78, 5) is 12.7. The van der Waals surface area contributed by atoms with Gasteiger partial charge in [-0.3, -0.25) is 0 Å². The van der Waals surface area contributed by atoms with Gasteiger partial charge in [0.2, 0.25) is 0 Å². The molecule has 0 amide bonds. The summed E-state index contributed by atoms with van der Waals surface area (Å²) in [5, 5.41) is 51.8. The van der Waals surface area contributed by atoms with Gasteiger partial charge in [-0.05, 0) is 31.9 Å². The lowest BCUT2D eigenvalue weighted by atomic mass is 9.71. The fourth-order valence-electron chi connectivity index (χ4n) is 5.66. The second kappa shape index (κ2) is 8.47. The second-order valence-corrected chi connectivity index (χ2v) is 9.84. The van der Waals surface area contributed by atoms with E-state index in [-0.39, 0.29) is 6.42 Å². The molecule has 4 fully saturated rings. The van der Waals surface area contributed by atoms with Crippen LogP contribution in [-0.2, 0) is 23.7 Å². The standard InChI is InChI=1S/C23H30O11/c1-21-8-7-14-22(20(33-21)34-23(14,29)10-21,11-30-18(28)12-5-3-2-4-6-12)32-19-17(27)16(26)15(25)13(9-24)31-19/h2-6,13-17,19-20,24-27,29H,7-11H2,1H3/t13?,14?,15?,16?,17?,19-,20?,21?,22+,23+/m0/s1. The molecule has 1 saturated carbocycles. The van der Waals surface area contributed by atoms with Crippen LogP contribution in [0, 0.1) is 5.92 Å². The van der Waals surface area contributed by atoms with E-state index in [1.165, 1.54) is 0 Å². The highest BCUT2D eigenvalue weighted by molar-refractivity contribution is 5.89. The molecule has 0 spiro atoms. The Hall–Kier alpha value is -1.67. The summed E-state index contributed by atoms with van der Waals surface area (Å²) in [6, 6.07) is 8.33. The van der Waals surface area contributed by atoms with Crippen LogP contribution in [0.1, 0.15) is 36.5 Å². The number of hydrogen-bond acceptors (Lipinski definition) is 11. The van der Waals surface area contributed by atoms with E-state index in [0.29, 0.717) is 18.4 Å². The predicted molar refractivity (Wildman–Crippen MR) is 111 cm³/mol. The maximum Gasteiger partial charge on any atom is 0.338 e. The minimum Gasteiger partial charge on any atom is -0.459 e. The van der Waals surface area contributed by atoms with Gasteiger partial charge in [0.15, 0.2) is 24.0 Å². The number of aliphatic hydroxyl groups is 5. The molecule has 5 rings (SSSR count). The van der Waals surface area contributed by atoms with Crippen molar-refractivity contribution in [3.63, 3.8) is 0 Å². The fraction of sp³-hybridized carbons (Fsp3) is 0.696. The van der Waals surface area contributed by atoms with Crippen LogP contribution in [0.15, 0.2) is 30.3 Å². The summed E-state index contributed by atoms with van der Waals surface area (Å²) in [6.07, 6.45) is -7.66. The number of carbonyl (C=O) groups is 1. The van der Waals surface area contributed by atoms with Crippen molar-refractivity contribution >= 4 is 5.97 Å². The van der Waals surface area contributed by atoms with Crippen LogP contribution in [0.2, 0.25) is 0 Å². The summed E-state index contributed by atoms with van der Waals surface area (Å²) >= 11 is 0. The molecule has 188 valence electrons. The van der Waals surface area contributed by atoms with Crippen molar-refractivity contribution in [1.82, 2.24) is 0 Å². The Morgan fingerprint density at radius 2 is 1.85 bits per heavy atom. The van der Waals surface area contributed by atoms with Crippen LogP contribution in [0.25, 0.3) is 0 Å². The lowest BCUT2D eigenvalue weighted by Crippen LogP contribution is -2.63. The van der Waals surface area contributed by atoms with Crippen molar-refractivity contribution in [2.75, 3.05) is 13.2 Å². The lowest BCUT2D eigenvalue weighted by molar-refractivity contribution is -0.379. The number of esters is 1. The van der Waals surface area contributed by atoms with E-state index in [2.05, 4.69) is 0 Å². The highest BCUT2D eigenvalue weighted by atomic mass is 16.8. The van der Waals surface area contributed by atoms with Gasteiger partial charge in [-0.2, -0.15) is 0 Å². The number of carbonyl (C=O) groups excluding carboxylic acids is 1. The van der Waals surface area contributed by atoms with Crippen LogP contribution in [-0.4, -0.2) is 98.7 Å². The fourth-order valence-corrected chi connectivity index (χ4v) is 5.66. The number of hydrogen-bond donors (Lipinski definition) is 5. The van der Waals surface area contributed by atoms with E-state index >= 15 is 0 Å². The highest BCUT2D eigenvalue weighted by Crippen LogP contribution is 2.60. The number of ether oxygens (including phenoxy) is 5. The van der Waals surface area contributed by atoms with Crippen LogP contribution in [0.3, 0.4) is 0 Å². The molecule has 11 nitrogen and oxygen atoms in total. The summed E-state index contributed by atoms with van der Waals surface area (Å²) in [5.41, 5.74) is -1.98. The maximum atomic E-state index is 12.7. The Kier molecular flexibility index (Phi) is 5.99. The van der Waals surface area contributed by atoms with Crippen LogP contribution in [0.5, 0.6) is 0 Å². The first-order valence-corrected chi connectivity index (χ1v) is 11.4. The van der Waals surface area contributed by atoms with Crippen molar-refractivity contribution in [2.45, 2.75) is 80.2 Å². The molecule has 0 aromatic heterocycles. The van der Waals surface area contributed by atoms with E-state index in [4.69, 9.17) is 23.7 Å². The molecular weight excluding hydrogens is 452 g/mol. The molecule has 10 atom stereocenters. The molecule has 7 unspecified atom stereocenters. The number of aliphatic hydroxyl groups excluding tert-OH is 4. The third-order valence-electron chi connectivity index (χ3n) is 7.45. The molecule has 3 bridgehead atoms. The Balaban J connectivity index is 1.47. The van der Waals surface area contributed by atoms with E-state index in [1.807, 2.05) is 6.92 Å². The van der Waals surface area contributed by atoms with Gasteiger partial charge in [0.05, 0.1) is 23.7 Å². The number of fused-ring (bicyclic) bond motifs is 2. The Bertz CT molecular complexity index is 911. The number of benzene rings is 1.